The fourth-order valence-electron chi connectivity index (χ4n) is 1.23. The molecule has 0 radical (unpaired) electrons. The van der Waals surface area contributed by atoms with E-state index in [-0.39, 0.29) is 18.0 Å². The van der Waals surface area contributed by atoms with Crippen LogP contribution in [0.3, 0.4) is 0 Å². The molecule has 0 atom stereocenters. The zero-order valence-corrected chi connectivity index (χ0v) is 10.6. The summed E-state index contributed by atoms with van der Waals surface area (Å²) in [4.78, 5) is 22.3. The maximum Gasteiger partial charge on any atom is 0.340 e. The number of nitrogens with zero attached hydrogens (tertiary/aromatic N) is 1. The monoisotopic (exact) mass is 257 g/mol. The summed E-state index contributed by atoms with van der Waals surface area (Å²) < 4.78 is 3.94. The van der Waals surface area contributed by atoms with Crippen molar-refractivity contribution in [1.82, 2.24) is 9.69 Å². The van der Waals surface area contributed by atoms with Crippen LogP contribution >= 0.6 is 11.5 Å². The summed E-state index contributed by atoms with van der Waals surface area (Å²) in [5.74, 6) is -1.19. The van der Waals surface area contributed by atoms with E-state index in [4.69, 9.17) is 5.11 Å². The molecule has 0 spiro atoms. The number of carboxylic acid groups (broad SMARTS) is 1. The molecular weight excluding hydrogens is 242 g/mol. The Morgan fingerprint density at radius 2 is 2.18 bits per heavy atom. The second-order valence-corrected chi connectivity index (χ2v) is 4.25. The number of carbonyl (C=O) groups is 2. The lowest BCUT2D eigenvalue weighted by Gasteiger charge is -2.05. The predicted octanol–water partition coefficient (Wildman–Crippen LogP) is 1.09. The number of carbonyl (C=O) groups excluding carboxylic acids is 1. The Hall–Kier alpha value is -1.63. The van der Waals surface area contributed by atoms with Gasteiger partial charge in [0.05, 0.1) is 12.2 Å². The third kappa shape index (κ3) is 3.70. The van der Waals surface area contributed by atoms with E-state index in [1.165, 1.54) is 0 Å². The van der Waals surface area contributed by atoms with Gasteiger partial charge in [0, 0.05) is 6.54 Å². The molecule has 0 saturated heterocycles. The quantitative estimate of drug-likeness (QED) is 0.709. The molecule has 1 aromatic rings. The summed E-state index contributed by atoms with van der Waals surface area (Å²) in [6.45, 7) is 4.26. The Morgan fingerprint density at radius 1 is 1.47 bits per heavy atom. The summed E-state index contributed by atoms with van der Waals surface area (Å²) in [6.07, 6.45) is 0.867. The predicted molar refractivity (Wildman–Crippen MR) is 65.6 cm³/mol. The molecule has 3 N–H and O–H groups in total. The van der Waals surface area contributed by atoms with Gasteiger partial charge in [0.25, 0.3) is 0 Å². The molecule has 1 aromatic heterocycles. The van der Waals surface area contributed by atoms with E-state index in [9.17, 15) is 9.59 Å². The van der Waals surface area contributed by atoms with Crippen LogP contribution in [0.2, 0.25) is 0 Å². The molecule has 1 heterocycles. The number of rotatable bonds is 6. The van der Waals surface area contributed by atoms with Crippen molar-refractivity contribution in [1.29, 1.82) is 0 Å². The van der Waals surface area contributed by atoms with Crippen LogP contribution in [0.4, 0.5) is 5.00 Å². The fourth-order valence-corrected chi connectivity index (χ4v) is 2.01. The number of hydrogen-bond acceptors (Lipinski definition) is 5. The second kappa shape index (κ2) is 6.19. The Labute approximate surface area is 103 Å². The first-order chi connectivity index (χ1) is 8.06. The largest absolute Gasteiger partial charge is 0.478 e. The molecule has 0 aliphatic heterocycles. The van der Waals surface area contributed by atoms with Crippen LogP contribution in [0.25, 0.3) is 0 Å². The summed E-state index contributed by atoms with van der Waals surface area (Å²) in [6, 6.07) is 0. The highest BCUT2D eigenvalue weighted by molar-refractivity contribution is 7.10. The molecule has 6 nitrogen and oxygen atoms in total. The van der Waals surface area contributed by atoms with E-state index < -0.39 is 5.97 Å². The normalized spacial score (nSPS) is 10.0. The van der Waals surface area contributed by atoms with Crippen LogP contribution in [-0.2, 0) is 4.79 Å². The van der Waals surface area contributed by atoms with Crippen LogP contribution in [0.15, 0.2) is 0 Å². The van der Waals surface area contributed by atoms with Crippen molar-refractivity contribution < 1.29 is 14.7 Å². The van der Waals surface area contributed by atoms with Gasteiger partial charge in [-0.25, -0.2) is 4.79 Å². The summed E-state index contributed by atoms with van der Waals surface area (Å²) >= 11 is 1.05. The first kappa shape index (κ1) is 13.4. The number of aryl methyl sites for hydroxylation is 1. The molecule has 0 bridgehead atoms. The van der Waals surface area contributed by atoms with E-state index in [0.29, 0.717) is 17.2 Å². The van der Waals surface area contributed by atoms with Gasteiger partial charge in [0.1, 0.15) is 10.6 Å². The smallest absolute Gasteiger partial charge is 0.340 e. The van der Waals surface area contributed by atoms with Gasteiger partial charge < -0.3 is 15.7 Å². The van der Waals surface area contributed by atoms with Gasteiger partial charge >= 0.3 is 5.97 Å². The van der Waals surface area contributed by atoms with Crippen molar-refractivity contribution in [3.05, 3.63) is 11.3 Å². The van der Waals surface area contributed by atoms with Crippen molar-refractivity contribution in [2.24, 2.45) is 0 Å². The Bertz CT molecular complexity index is 417. The van der Waals surface area contributed by atoms with Gasteiger partial charge in [-0.05, 0) is 24.9 Å². The topological polar surface area (TPSA) is 91.3 Å². The molecule has 0 aromatic carbocycles. The standard InChI is InChI=1S/C10H15N3O3S/c1-3-4-11-7(14)5-12-9-8(10(15)16)6(2)13-17-9/h12H,3-5H2,1-2H3,(H,11,14)(H,15,16). The minimum atomic E-state index is -1.03. The molecular formula is C10H15N3O3S. The van der Waals surface area contributed by atoms with E-state index in [1.807, 2.05) is 6.92 Å². The maximum absolute atomic E-state index is 11.3. The van der Waals surface area contributed by atoms with Crippen LogP contribution in [0.5, 0.6) is 0 Å². The van der Waals surface area contributed by atoms with Crippen molar-refractivity contribution >= 4 is 28.4 Å². The Kier molecular flexibility index (Phi) is 4.89. The highest BCUT2D eigenvalue weighted by Gasteiger charge is 2.17. The number of aromatic carboxylic acids is 1. The maximum atomic E-state index is 11.3. The average Bonchev–Trinajstić information content (AvgIpc) is 2.65. The SMILES string of the molecule is CCCNC(=O)CNc1snc(C)c1C(=O)O. The molecule has 0 aliphatic carbocycles. The molecule has 0 unspecified atom stereocenters. The van der Waals surface area contributed by atoms with Crippen molar-refractivity contribution in [3.63, 3.8) is 0 Å². The number of nitrogens with one attached hydrogen (secondary N) is 2. The first-order valence-corrected chi connectivity index (χ1v) is 6.03. The lowest BCUT2D eigenvalue weighted by atomic mass is 10.2. The lowest BCUT2D eigenvalue weighted by molar-refractivity contribution is -0.119. The fraction of sp³-hybridized carbons (Fsp3) is 0.500. The number of amides is 1. The van der Waals surface area contributed by atoms with Crippen molar-refractivity contribution in [2.45, 2.75) is 20.3 Å². The van der Waals surface area contributed by atoms with Gasteiger partial charge in [0.15, 0.2) is 0 Å². The zero-order valence-electron chi connectivity index (χ0n) is 9.74. The van der Waals surface area contributed by atoms with Crippen molar-refractivity contribution in [2.75, 3.05) is 18.4 Å². The number of anilines is 1. The minimum absolute atomic E-state index is 0.0575. The number of hydrogen-bond donors (Lipinski definition) is 3. The molecule has 1 rings (SSSR count). The molecule has 1 amide bonds. The van der Waals surface area contributed by atoms with Gasteiger partial charge in [-0.15, -0.1) is 0 Å². The minimum Gasteiger partial charge on any atom is -0.478 e. The molecule has 0 saturated carbocycles. The van der Waals surface area contributed by atoms with E-state index in [1.54, 1.807) is 6.92 Å². The molecule has 0 aliphatic rings. The van der Waals surface area contributed by atoms with Crippen LogP contribution in [-0.4, -0.2) is 34.4 Å². The molecule has 0 fully saturated rings. The summed E-state index contributed by atoms with van der Waals surface area (Å²) in [5, 5.41) is 14.9. The van der Waals surface area contributed by atoms with Crippen LogP contribution in [0.1, 0.15) is 29.4 Å². The summed E-state index contributed by atoms with van der Waals surface area (Å²) in [5.41, 5.74) is 0.595. The molecule has 7 heteroatoms. The van der Waals surface area contributed by atoms with Crippen LogP contribution in [0, 0.1) is 6.92 Å². The first-order valence-electron chi connectivity index (χ1n) is 5.26. The lowest BCUT2D eigenvalue weighted by Crippen LogP contribution is -2.30. The van der Waals surface area contributed by atoms with Gasteiger partial charge in [-0.2, -0.15) is 4.37 Å². The molecule has 94 valence electrons. The van der Waals surface area contributed by atoms with Crippen LogP contribution < -0.4 is 10.6 Å². The zero-order chi connectivity index (χ0) is 12.8. The Morgan fingerprint density at radius 3 is 2.76 bits per heavy atom. The summed E-state index contributed by atoms with van der Waals surface area (Å²) in [7, 11) is 0. The van der Waals surface area contributed by atoms with E-state index in [2.05, 4.69) is 15.0 Å². The molecule has 17 heavy (non-hydrogen) atoms. The van der Waals surface area contributed by atoms with Gasteiger partial charge in [-0.3, -0.25) is 4.79 Å². The van der Waals surface area contributed by atoms with Gasteiger partial charge in [0.2, 0.25) is 5.91 Å². The van der Waals surface area contributed by atoms with Crippen molar-refractivity contribution in [3.8, 4) is 0 Å². The third-order valence-electron chi connectivity index (χ3n) is 2.06. The number of carboxylic acids is 1. The second-order valence-electron chi connectivity index (χ2n) is 3.48. The highest BCUT2D eigenvalue weighted by Crippen LogP contribution is 2.23. The average molecular weight is 257 g/mol. The third-order valence-corrected chi connectivity index (χ3v) is 2.95. The van der Waals surface area contributed by atoms with Gasteiger partial charge in [-0.1, -0.05) is 6.92 Å². The highest BCUT2D eigenvalue weighted by atomic mass is 32.1. The Balaban J connectivity index is 2.58. The van der Waals surface area contributed by atoms with E-state index >= 15 is 0 Å². The number of aromatic nitrogens is 1. The van der Waals surface area contributed by atoms with E-state index in [0.717, 1.165) is 18.0 Å².